The van der Waals surface area contributed by atoms with Gasteiger partial charge in [-0.3, -0.25) is 5.10 Å². The van der Waals surface area contributed by atoms with Gasteiger partial charge in [-0.15, -0.1) is 0 Å². The minimum absolute atomic E-state index is 0.500. The van der Waals surface area contributed by atoms with Crippen molar-refractivity contribution >= 4 is 12.2 Å². The standard InChI is InChI=1S/C11H19N3OS/c1-8(2)7-14-10(12-13-11(14)16)9-3-5-15-6-4-9/h8-9H,3-7H2,1-2H3,(H,13,16). The summed E-state index contributed by atoms with van der Waals surface area (Å²) in [6, 6.07) is 0. The highest BCUT2D eigenvalue weighted by atomic mass is 32.1. The molecule has 2 rings (SSSR count). The Bertz CT molecular complexity index is 390. The van der Waals surface area contributed by atoms with E-state index in [1.54, 1.807) is 0 Å². The van der Waals surface area contributed by atoms with Crippen LogP contribution in [0, 0.1) is 10.7 Å². The lowest BCUT2D eigenvalue weighted by Crippen LogP contribution is -2.19. The number of hydrogen-bond donors (Lipinski definition) is 1. The van der Waals surface area contributed by atoms with E-state index < -0.39 is 0 Å². The largest absolute Gasteiger partial charge is 0.381 e. The molecule has 1 aliphatic heterocycles. The van der Waals surface area contributed by atoms with Gasteiger partial charge in [-0.05, 0) is 31.0 Å². The van der Waals surface area contributed by atoms with Crippen LogP contribution in [-0.2, 0) is 11.3 Å². The van der Waals surface area contributed by atoms with Gasteiger partial charge in [-0.2, -0.15) is 5.10 Å². The van der Waals surface area contributed by atoms with Gasteiger partial charge in [0.25, 0.3) is 0 Å². The number of nitrogens with zero attached hydrogens (tertiary/aromatic N) is 2. The van der Waals surface area contributed by atoms with Crippen LogP contribution in [0.3, 0.4) is 0 Å². The van der Waals surface area contributed by atoms with Crippen molar-refractivity contribution < 1.29 is 4.74 Å². The lowest BCUT2D eigenvalue weighted by Gasteiger charge is -2.22. The third kappa shape index (κ3) is 2.52. The normalized spacial score (nSPS) is 18.2. The molecular weight excluding hydrogens is 222 g/mol. The van der Waals surface area contributed by atoms with Crippen molar-refractivity contribution in [1.82, 2.24) is 14.8 Å². The molecule has 0 bridgehead atoms. The van der Waals surface area contributed by atoms with Crippen molar-refractivity contribution in [2.75, 3.05) is 13.2 Å². The first kappa shape index (κ1) is 11.8. The first-order valence-corrected chi connectivity index (χ1v) is 6.32. The molecule has 1 saturated heterocycles. The van der Waals surface area contributed by atoms with E-state index in [-0.39, 0.29) is 0 Å². The Morgan fingerprint density at radius 2 is 2.19 bits per heavy atom. The Kier molecular flexibility index (Phi) is 3.76. The molecule has 0 aliphatic carbocycles. The van der Waals surface area contributed by atoms with Crippen molar-refractivity contribution in [3.63, 3.8) is 0 Å². The molecule has 1 aromatic heterocycles. The Morgan fingerprint density at radius 3 is 2.81 bits per heavy atom. The Balaban J connectivity index is 2.22. The number of ether oxygens (including phenoxy) is 1. The summed E-state index contributed by atoms with van der Waals surface area (Å²) >= 11 is 5.27. The van der Waals surface area contributed by atoms with E-state index in [1.165, 1.54) is 0 Å². The number of hydrogen-bond acceptors (Lipinski definition) is 3. The Morgan fingerprint density at radius 1 is 1.50 bits per heavy atom. The second-order valence-corrected chi connectivity index (χ2v) is 5.16. The summed E-state index contributed by atoms with van der Waals surface area (Å²) in [5, 5.41) is 7.30. The highest BCUT2D eigenvalue weighted by Gasteiger charge is 2.21. The zero-order valence-electron chi connectivity index (χ0n) is 9.90. The summed E-state index contributed by atoms with van der Waals surface area (Å²) in [7, 11) is 0. The molecule has 0 radical (unpaired) electrons. The van der Waals surface area contributed by atoms with Crippen LogP contribution in [0.2, 0.25) is 0 Å². The number of H-pyrrole nitrogens is 1. The smallest absolute Gasteiger partial charge is 0.195 e. The van der Waals surface area contributed by atoms with Crippen LogP contribution in [0.4, 0.5) is 0 Å². The van der Waals surface area contributed by atoms with Gasteiger partial charge in [-0.1, -0.05) is 13.8 Å². The summed E-state index contributed by atoms with van der Waals surface area (Å²) in [6.07, 6.45) is 2.11. The van der Waals surface area contributed by atoms with E-state index in [0.717, 1.165) is 43.2 Å². The molecule has 4 nitrogen and oxygen atoms in total. The zero-order chi connectivity index (χ0) is 11.5. The minimum Gasteiger partial charge on any atom is -0.381 e. The third-order valence-electron chi connectivity index (χ3n) is 2.92. The summed E-state index contributed by atoms with van der Waals surface area (Å²) in [6.45, 7) is 7.02. The molecule has 2 heterocycles. The summed E-state index contributed by atoms with van der Waals surface area (Å²) in [4.78, 5) is 0. The number of rotatable bonds is 3. The molecule has 0 atom stereocenters. The molecule has 1 N–H and O–H groups in total. The monoisotopic (exact) mass is 241 g/mol. The molecule has 16 heavy (non-hydrogen) atoms. The van der Waals surface area contributed by atoms with Crippen LogP contribution in [0.25, 0.3) is 0 Å². The quantitative estimate of drug-likeness (QED) is 0.827. The number of aromatic nitrogens is 3. The highest BCUT2D eigenvalue weighted by Crippen LogP contribution is 2.25. The molecule has 1 aromatic rings. The molecule has 0 amide bonds. The molecule has 1 fully saturated rings. The minimum atomic E-state index is 0.500. The van der Waals surface area contributed by atoms with E-state index in [0.29, 0.717) is 11.8 Å². The van der Waals surface area contributed by atoms with Crippen LogP contribution < -0.4 is 0 Å². The third-order valence-corrected chi connectivity index (χ3v) is 3.23. The second-order valence-electron chi connectivity index (χ2n) is 4.78. The lowest BCUT2D eigenvalue weighted by atomic mass is 9.99. The van der Waals surface area contributed by atoms with E-state index in [1.807, 2.05) is 0 Å². The fourth-order valence-corrected chi connectivity index (χ4v) is 2.35. The van der Waals surface area contributed by atoms with Gasteiger partial charge >= 0.3 is 0 Å². The first-order valence-electron chi connectivity index (χ1n) is 5.91. The van der Waals surface area contributed by atoms with Crippen molar-refractivity contribution in [2.45, 2.75) is 39.2 Å². The summed E-state index contributed by atoms with van der Waals surface area (Å²) < 4.78 is 8.27. The van der Waals surface area contributed by atoms with Gasteiger partial charge in [0.1, 0.15) is 5.82 Å². The number of aromatic amines is 1. The van der Waals surface area contributed by atoms with Crippen molar-refractivity contribution in [3.05, 3.63) is 10.6 Å². The maximum absolute atomic E-state index is 5.38. The zero-order valence-corrected chi connectivity index (χ0v) is 10.7. The Hall–Kier alpha value is -0.680. The van der Waals surface area contributed by atoms with Gasteiger partial charge in [0.2, 0.25) is 0 Å². The van der Waals surface area contributed by atoms with Gasteiger partial charge in [0.15, 0.2) is 4.77 Å². The van der Waals surface area contributed by atoms with E-state index in [9.17, 15) is 0 Å². The highest BCUT2D eigenvalue weighted by molar-refractivity contribution is 7.71. The van der Waals surface area contributed by atoms with Crippen molar-refractivity contribution in [3.8, 4) is 0 Å². The molecule has 1 aliphatic rings. The summed E-state index contributed by atoms with van der Waals surface area (Å²) in [5.41, 5.74) is 0. The molecular formula is C11H19N3OS. The predicted octanol–water partition coefficient (Wildman–Crippen LogP) is 2.49. The summed E-state index contributed by atoms with van der Waals surface area (Å²) in [5.74, 6) is 2.20. The average molecular weight is 241 g/mol. The van der Waals surface area contributed by atoms with Crippen molar-refractivity contribution in [1.29, 1.82) is 0 Å². The van der Waals surface area contributed by atoms with E-state index in [4.69, 9.17) is 17.0 Å². The van der Waals surface area contributed by atoms with E-state index in [2.05, 4.69) is 28.6 Å². The van der Waals surface area contributed by atoms with Crippen LogP contribution in [0.5, 0.6) is 0 Å². The van der Waals surface area contributed by atoms with Crippen LogP contribution in [-0.4, -0.2) is 28.0 Å². The molecule has 90 valence electrons. The molecule has 0 saturated carbocycles. The number of nitrogens with one attached hydrogen (secondary N) is 1. The van der Waals surface area contributed by atoms with Crippen LogP contribution >= 0.6 is 12.2 Å². The molecule has 5 heteroatoms. The maximum Gasteiger partial charge on any atom is 0.195 e. The predicted molar refractivity (Wildman–Crippen MR) is 65.0 cm³/mol. The lowest BCUT2D eigenvalue weighted by molar-refractivity contribution is 0.0826. The maximum atomic E-state index is 5.38. The average Bonchev–Trinajstić information content (AvgIpc) is 2.61. The topological polar surface area (TPSA) is 42.8 Å². The molecule has 0 spiro atoms. The first-order chi connectivity index (χ1) is 7.68. The fraction of sp³-hybridized carbons (Fsp3) is 0.818. The molecule has 0 unspecified atom stereocenters. The van der Waals surface area contributed by atoms with Crippen LogP contribution in [0.1, 0.15) is 38.4 Å². The molecule has 0 aromatic carbocycles. The van der Waals surface area contributed by atoms with E-state index >= 15 is 0 Å². The second kappa shape index (κ2) is 5.10. The van der Waals surface area contributed by atoms with Crippen LogP contribution in [0.15, 0.2) is 0 Å². The fourth-order valence-electron chi connectivity index (χ4n) is 2.14. The van der Waals surface area contributed by atoms with Gasteiger partial charge < -0.3 is 9.30 Å². The van der Waals surface area contributed by atoms with Crippen molar-refractivity contribution in [2.24, 2.45) is 5.92 Å². The Labute approximate surface area is 101 Å². The SMILES string of the molecule is CC(C)Cn1c(C2CCOCC2)n[nH]c1=S. The van der Waals surface area contributed by atoms with Gasteiger partial charge in [-0.25, -0.2) is 0 Å². The van der Waals surface area contributed by atoms with Gasteiger partial charge in [0.05, 0.1) is 0 Å². The van der Waals surface area contributed by atoms with Gasteiger partial charge in [0, 0.05) is 25.7 Å².